The van der Waals surface area contributed by atoms with E-state index >= 15 is 0 Å². The Bertz CT molecular complexity index is 818. The molecule has 0 aromatic heterocycles. The van der Waals surface area contributed by atoms with Gasteiger partial charge in [-0.1, -0.05) is 30.3 Å². The molecular formula is C19H20F3NO2. The molecule has 2 aromatic rings. The molecule has 0 saturated heterocycles. The second-order valence-electron chi connectivity index (χ2n) is 6.85. The molecule has 0 aliphatic carbocycles. The lowest BCUT2D eigenvalue weighted by molar-refractivity contribution is -0.166. The van der Waals surface area contributed by atoms with E-state index in [-0.39, 0.29) is 17.7 Å². The molecule has 0 heterocycles. The molecule has 0 saturated carbocycles. The Labute approximate surface area is 144 Å². The van der Waals surface area contributed by atoms with Gasteiger partial charge in [0.1, 0.15) is 5.75 Å². The van der Waals surface area contributed by atoms with Crippen LogP contribution in [0.15, 0.2) is 48.2 Å². The predicted octanol–water partition coefficient (Wildman–Crippen LogP) is 4.49. The van der Waals surface area contributed by atoms with Crippen molar-refractivity contribution in [2.45, 2.75) is 38.9 Å². The van der Waals surface area contributed by atoms with Crippen LogP contribution in [0.3, 0.4) is 0 Å². The summed E-state index contributed by atoms with van der Waals surface area (Å²) in [5.41, 5.74) is -0.662. The Morgan fingerprint density at radius 2 is 1.76 bits per heavy atom. The van der Waals surface area contributed by atoms with Gasteiger partial charge in [-0.2, -0.15) is 13.2 Å². The highest BCUT2D eigenvalue weighted by atomic mass is 19.4. The molecule has 2 rings (SSSR count). The number of alkyl halides is 3. The Morgan fingerprint density at radius 3 is 2.36 bits per heavy atom. The maximum Gasteiger partial charge on any atom is 0.454 e. The first-order chi connectivity index (χ1) is 11.5. The molecule has 3 nitrogen and oxygen atoms in total. The van der Waals surface area contributed by atoms with E-state index in [9.17, 15) is 23.1 Å². The Hall–Kier alpha value is -2.50. The van der Waals surface area contributed by atoms with Gasteiger partial charge in [-0.05, 0) is 37.6 Å². The fraction of sp³-hybridized carbons (Fsp3) is 0.316. The molecule has 25 heavy (non-hydrogen) atoms. The van der Waals surface area contributed by atoms with E-state index in [1.165, 1.54) is 6.07 Å². The number of halogens is 3. The third-order valence-corrected chi connectivity index (χ3v) is 3.61. The zero-order chi connectivity index (χ0) is 18.8. The van der Waals surface area contributed by atoms with E-state index in [0.29, 0.717) is 5.39 Å². The molecule has 2 N–H and O–H groups in total. The summed E-state index contributed by atoms with van der Waals surface area (Å²) in [7, 11) is 0. The minimum absolute atomic E-state index is 0.143. The lowest BCUT2D eigenvalue weighted by Gasteiger charge is -2.21. The van der Waals surface area contributed by atoms with Gasteiger partial charge in [-0.3, -0.25) is 4.79 Å². The molecule has 0 atom stereocenters. The van der Waals surface area contributed by atoms with Crippen LogP contribution < -0.4 is 5.32 Å². The SMILES string of the molecule is CC(C)(C)N/C=C(\Cc1c(O)ccc2ccccc12)C(=O)C(F)(F)F. The summed E-state index contributed by atoms with van der Waals surface area (Å²) < 4.78 is 38.9. The van der Waals surface area contributed by atoms with Crippen molar-refractivity contribution in [1.29, 1.82) is 0 Å². The molecule has 0 unspecified atom stereocenters. The van der Waals surface area contributed by atoms with Gasteiger partial charge in [0.05, 0.1) is 0 Å². The van der Waals surface area contributed by atoms with Crippen molar-refractivity contribution in [2.24, 2.45) is 0 Å². The minimum atomic E-state index is -4.98. The fourth-order valence-corrected chi connectivity index (χ4v) is 2.38. The first-order valence-corrected chi connectivity index (χ1v) is 7.77. The highest BCUT2D eigenvalue weighted by Crippen LogP contribution is 2.31. The van der Waals surface area contributed by atoms with E-state index in [1.54, 1.807) is 51.1 Å². The van der Waals surface area contributed by atoms with E-state index in [1.807, 2.05) is 0 Å². The van der Waals surface area contributed by atoms with Crippen LogP contribution in [0.5, 0.6) is 5.75 Å². The average molecular weight is 351 g/mol. The van der Waals surface area contributed by atoms with Crippen molar-refractivity contribution in [2.75, 3.05) is 0 Å². The molecule has 0 fully saturated rings. The molecule has 6 heteroatoms. The Balaban J connectivity index is 2.50. The summed E-state index contributed by atoms with van der Waals surface area (Å²) in [6.07, 6.45) is -4.21. The number of benzene rings is 2. The van der Waals surface area contributed by atoms with Crippen LogP contribution in [0.1, 0.15) is 26.3 Å². The van der Waals surface area contributed by atoms with Crippen molar-refractivity contribution >= 4 is 16.6 Å². The van der Waals surface area contributed by atoms with Crippen molar-refractivity contribution in [3.05, 3.63) is 53.7 Å². The second-order valence-corrected chi connectivity index (χ2v) is 6.85. The number of carbonyl (C=O) groups excluding carboxylic acids is 1. The number of rotatable bonds is 4. The first-order valence-electron chi connectivity index (χ1n) is 7.77. The number of aromatic hydroxyl groups is 1. The quantitative estimate of drug-likeness (QED) is 0.798. The van der Waals surface area contributed by atoms with Crippen LogP contribution in [-0.4, -0.2) is 22.6 Å². The maximum absolute atomic E-state index is 13.0. The van der Waals surface area contributed by atoms with E-state index in [2.05, 4.69) is 5.32 Å². The van der Waals surface area contributed by atoms with E-state index < -0.39 is 23.1 Å². The summed E-state index contributed by atoms with van der Waals surface area (Å²) in [6, 6.07) is 10.1. The number of phenolic OH excluding ortho intramolecular Hbond substituents is 1. The van der Waals surface area contributed by atoms with Gasteiger partial charge in [-0.25, -0.2) is 0 Å². The van der Waals surface area contributed by atoms with Gasteiger partial charge < -0.3 is 10.4 Å². The molecule has 0 radical (unpaired) electrons. The smallest absolute Gasteiger partial charge is 0.454 e. The Kier molecular flexibility index (Phi) is 5.11. The molecular weight excluding hydrogens is 331 g/mol. The van der Waals surface area contributed by atoms with Gasteiger partial charge in [0, 0.05) is 29.3 Å². The molecule has 0 bridgehead atoms. The van der Waals surface area contributed by atoms with Crippen molar-refractivity contribution in [1.82, 2.24) is 5.32 Å². The second kappa shape index (κ2) is 6.78. The monoisotopic (exact) mass is 351 g/mol. The Morgan fingerprint density at radius 1 is 1.12 bits per heavy atom. The van der Waals surface area contributed by atoms with Gasteiger partial charge >= 0.3 is 6.18 Å². The number of hydrogen-bond acceptors (Lipinski definition) is 3. The van der Waals surface area contributed by atoms with Crippen LogP contribution in [0.25, 0.3) is 10.8 Å². The summed E-state index contributed by atoms with van der Waals surface area (Å²) >= 11 is 0. The standard InChI is InChI=1S/C19H20F3NO2/c1-18(2,3)23-11-13(17(25)19(20,21)22)10-15-14-7-5-4-6-12(14)8-9-16(15)24/h4-9,11,23-24H,10H2,1-3H3/b13-11+. The number of Topliss-reactive ketones (excluding diaryl/α,β-unsaturated/α-hetero) is 1. The molecule has 2 aromatic carbocycles. The van der Waals surface area contributed by atoms with Crippen LogP contribution in [0, 0.1) is 0 Å². The first kappa shape index (κ1) is 18.8. The van der Waals surface area contributed by atoms with Crippen molar-refractivity contribution < 1.29 is 23.1 Å². The summed E-state index contributed by atoms with van der Waals surface area (Å²) in [5, 5.41) is 14.3. The molecule has 134 valence electrons. The number of carbonyl (C=O) groups is 1. The fourth-order valence-electron chi connectivity index (χ4n) is 2.38. The van der Waals surface area contributed by atoms with Crippen LogP contribution in [0.2, 0.25) is 0 Å². The predicted molar refractivity (Wildman–Crippen MR) is 91.4 cm³/mol. The normalized spacial score (nSPS) is 13.1. The maximum atomic E-state index is 13.0. The zero-order valence-corrected chi connectivity index (χ0v) is 14.2. The van der Waals surface area contributed by atoms with Gasteiger partial charge in [0.25, 0.3) is 5.78 Å². The highest BCUT2D eigenvalue weighted by molar-refractivity contribution is 6.01. The molecule has 0 amide bonds. The minimum Gasteiger partial charge on any atom is -0.508 e. The van der Waals surface area contributed by atoms with Gasteiger partial charge in [-0.15, -0.1) is 0 Å². The third-order valence-electron chi connectivity index (χ3n) is 3.61. The zero-order valence-electron chi connectivity index (χ0n) is 14.2. The molecule has 0 aliphatic rings. The molecule has 0 aliphatic heterocycles. The molecule has 0 spiro atoms. The van der Waals surface area contributed by atoms with Gasteiger partial charge in [0.15, 0.2) is 0 Å². The van der Waals surface area contributed by atoms with Crippen molar-refractivity contribution in [3.63, 3.8) is 0 Å². The van der Waals surface area contributed by atoms with Crippen LogP contribution in [0.4, 0.5) is 13.2 Å². The number of allylic oxidation sites excluding steroid dienone is 1. The van der Waals surface area contributed by atoms with Crippen molar-refractivity contribution in [3.8, 4) is 5.75 Å². The topological polar surface area (TPSA) is 49.3 Å². The summed E-state index contributed by atoms with van der Waals surface area (Å²) in [5.74, 6) is -2.06. The van der Waals surface area contributed by atoms with E-state index in [4.69, 9.17) is 0 Å². The number of fused-ring (bicyclic) bond motifs is 1. The summed E-state index contributed by atoms with van der Waals surface area (Å²) in [4.78, 5) is 11.8. The lowest BCUT2D eigenvalue weighted by Crippen LogP contribution is -2.34. The number of hydrogen-bond donors (Lipinski definition) is 2. The highest BCUT2D eigenvalue weighted by Gasteiger charge is 2.40. The largest absolute Gasteiger partial charge is 0.508 e. The van der Waals surface area contributed by atoms with E-state index in [0.717, 1.165) is 11.6 Å². The lowest BCUT2D eigenvalue weighted by atomic mass is 9.95. The average Bonchev–Trinajstić information content (AvgIpc) is 2.51. The number of phenols is 1. The third kappa shape index (κ3) is 4.75. The number of nitrogens with one attached hydrogen (secondary N) is 1. The van der Waals surface area contributed by atoms with Crippen LogP contribution in [-0.2, 0) is 11.2 Å². The van der Waals surface area contributed by atoms with Crippen LogP contribution >= 0.6 is 0 Å². The summed E-state index contributed by atoms with van der Waals surface area (Å²) in [6.45, 7) is 5.32. The van der Waals surface area contributed by atoms with Gasteiger partial charge in [0.2, 0.25) is 0 Å². The number of ketones is 1.